The van der Waals surface area contributed by atoms with Gasteiger partial charge in [0.1, 0.15) is 0 Å². The van der Waals surface area contributed by atoms with E-state index in [0.29, 0.717) is 19.1 Å². The Balaban J connectivity index is 1.71. The minimum atomic E-state index is 0.118. The van der Waals surface area contributed by atoms with Crippen LogP contribution < -0.4 is 5.56 Å². The molecule has 4 nitrogen and oxygen atoms in total. The van der Waals surface area contributed by atoms with E-state index < -0.39 is 0 Å². The average molecular weight is 276 g/mol. The number of ether oxygens (including phenoxy) is 1. The molecular formula is C16H24N2O2. The smallest absolute Gasteiger partial charge is 0.259 e. The first kappa shape index (κ1) is 13.8. The standard InChI is InChI=1S/C16H24N2O2/c1-2-12-3-5-13(6-4-12)9-18-11-17-15-7-8-20-10-14(15)16(18)19/h11-13H,2-10H2,1H3. The lowest BCUT2D eigenvalue weighted by molar-refractivity contribution is 0.107. The third-order valence-electron chi connectivity index (χ3n) is 4.95. The Kier molecular flexibility index (Phi) is 4.20. The maximum Gasteiger partial charge on any atom is 0.259 e. The van der Waals surface area contributed by atoms with Crippen LogP contribution in [-0.2, 0) is 24.3 Å². The van der Waals surface area contributed by atoms with Gasteiger partial charge in [-0.2, -0.15) is 0 Å². The van der Waals surface area contributed by atoms with Gasteiger partial charge in [0.15, 0.2) is 0 Å². The number of hydrogen-bond acceptors (Lipinski definition) is 3. The zero-order valence-corrected chi connectivity index (χ0v) is 12.3. The fourth-order valence-corrected chi connectivity index (χ4v) is 3.50. The van der Waals surface area contributed by atoms with Gasteiger partial charge in [-0.1, -0.05) is 26.2 Å². The van der Waals surface area contributed by atoms with E-state index in [4.69, 9.17) is 4.74 Å². The minimum Gasteiger partial charge on any atom is -0.376 e. The maximum atomic E-state index is 12.5. The monoisotopic (exact) mass is 276 g/mol. The quantitative estimate of drug-likeness (QED) is 0.852. The van der Waals surface area contributed by atoms with Gasteiger partial charge in [0.25, 0.3) is 5.56 Å². The first-order chi connectivity index (χ1) is 9.78. The summed E-state index contributed by atoms with van der Waals surface area (Å²) < 4.78 is 7.21. The molecule has 2 aliphatic rings. The molecule has 1 aliphatic heterocycles. The molecule has 3 rings (SSSR count). The van der Waals surface area contributed by atoms with Crippen molar-refractivity contribution >= 4 is 0 Å². The van der Waals surface area contributed by atoms with Gasteiger partial charge >= 0.3 is 0 Å². The second kappa shape index (κ2) is 6.08. The van der Waals surface area contributed by atoms with Crippen LogP contribution in [-0.4, -0.2) is 16.2 Å². The Morgan fingerprint density at radius 3 is 2.80 bits per heavy atom. The van der Waals surface area contributed by atoms with Crippen LogP contribution in [0.15, 0.2) is 11.1 Å². The van der Waals surface area contributed by atoms with Crippen LogP contribution in [0.5, 0.6) is 0 Å². The normalized spacial score (nSPS) is 26.2. The van der Waals surface area contributed by atoms with Crippen LogP contribution in [0, 0.1) is 11.8 Å². The van der Waals surface area contributed by atoms with Gasteiger partial charge in [0.05, 0.1) is 30.8 Å². The zero-order valence-electron chi connectivity index (χ0n) is 12.3. The molecule has 1 saturated carbocycles. The van der Waals surface area contributed by atoms with E-state index in [1.54, 1.807) is 6.33 Å². The molecule has 0 radical (unpaired) electrons. The van der Waals surface area contributed by atoms with E-state index in [1.807, 2.05) is 4.57 Å². The first-order valence-electron chi connectivity index (χ1n) is 7.93. The van der Waals surface area contributed by atoms with Crippen LogP contribution in [0.25, 0.3) is 0 Å². The molecule has 0 unspecified atom stereocenters. The maximum absolute atomic E-state index is 12.5. The molecule has 0 N–H and O–H groups in total. The summed E-state index contributed by atoms with van der Waals surface area (Å²) in [6.45, 7) is 4.23. The lowest BCUT2D eigenvalue weighted by atomic mass is 9.81. The Morgan fingerprint density at radius 1 is 1.30 bits per heavy atom. The molecule has 2 heterocycles. The number of nitrogens with zero attached hydrogens (tertiary/aromatic N) is 2. The van der Waals surface area contributed by atoms with Crippen molar-refractivity contribution in [2.75, 3.05) is 6.61 Å². The van der Waals surface area contributed by atoms with Gasteiger partial charge in [-0.05, 0) is 24.7 Å². The highest BCUT2D eigenvalue weighted by Crippen LogP contribution is 2.31. The van der Waals surface area contributed by atoms with Crippen molar-refractivity contribution in [1.29, 1.82) is 0 Å². The van der Waals surface area contributed by atoms with Gasteiger partial charge in [-0.15, -0.1) is 0 Å². The predicted molar refractivity (Wildman–Crippen MR) is 77.6 cm³/mol. The third kappa shape index (κ3) is 2.80. The molecule has 0 saturated heterocycles. The topological polar surface area (TPSA) is 44.1 Å². The van der Waals surface area contributed by atoms with Gasteiger partial charge < -0.3 is 4.74 Å². The summed E-state index contributed by atoms with van der Waals surface area (Å²) >= 11 is 0. The highest BCUT2D eigenvalue weighted by Gasteiger charge is 2.22. The Morgan fingerprint density at radius 2 is 2.05 bits per heavy atom. The van der Waals surface area contributed by atoms with Crippen LogP contribution >= 0.6 is 0 Å². The highest BCUT2D eigenvalue weighted by atomic mass is 16.5. The summed E-state index contributed by atoms with van der Waals surface area (Å²) in [5, 5.41) is 0. The molecule has 0 bridgehead atoms. The van der Waals surface area contributed by atoms with Crippen molar-refractivity contribution in [3.8, 4) is 0 Å². The van der Waals surface area contributed by atoms with E-state index >= 15 is 0 Å². The SMILES string of the molecule is CCC1CCC(Cn2cnc3c(c2=O)COCC3)CC1. The molecular weight excluding hydrogens is 252 g/mol. The summed E-state index contributed by atoms with van der Waals surface area (Å²) in [6.07, 6.45) is 8.95. The third-order valence-corrected chi connectivity index (χ3v) is 4.95. The number of rotatable bonds is 3. The van der Waals surface area contributed by atoms with Gasteiger partial charge in [0, 0.05) is 13.0 Å². The van der Waals surface area contributed by atoms with Gasteiger partial charge in [-0.25, -0.2) is 4.98 Å². The lowest BCUT2D eigenvalue weighted by Crippen LogP contribution is -2.32. The van der Waals surface area contributed by atoms with Crippen LogP contribution in [0.2, 0.25) is 0 Å². The van der Waals surface area contributed by atoms with E-state index in [-0.39, 0.29) is 5.56 Å². The van der Waals surface area contributed by atoms with E-state index in [0.717, 1.165) is 30.1 Å². The van der Waals surface area contributed by atoms with E-state index in [2.05, 4.69) is 11.9 Å². The molecule has 0 spiro atoms. The molecule has 1 aliphatic carbocycles. The summed E-state index contributed by atoms with van der Waals surface area (Å²) in [5.41, 5.74) is 1.83. The summed E-state index contributed by atoms with van der Waals surface area (Å²) in [7, 11) is 0. The van der Waals surface area contributed by atoms with Crippen LogP contribution in [0.1, 0.15) is 50.3 Å². The molecule has 1 fully saturated rings. The molecule has 110 valence electrons. The van der Waals surface area contributed by atoms with Crippen molar-refractivity contribution in [3.05, 3.63) is 27.9 Å². The molecule has 1 aromatic heterocycles. The Hall–Kier alpha value is -1.16. The van der Waals surface area contributed by atoms with E-state index in [9.17, 15) is 4.79 Å². The fourth-order valence-electron chi connectivity index (χ4n) is 3.50. The summed E-state index contributed by atoms with van der Waals surface area (Å²) in [5.74, 6) is 1.54. The second-order valence-electron chi connectivity index (χ2n) is 6.22. The molecule has 4 heteroatoms. The Bertz CT molecular complexity index is 516. The minimum absolute atomic E-state index is 0.118. The molecule has 0 aromatic carbocycles. The molecule has 0 amide bonds. The van der Waals surface area contributed by atoms with Crippen molar-refractivity contribution in [2.24, 2.45) is 11.8 Å². The average Bonchev–Trinajstić information content (AvgIpc) is 2.51. The van der Waals surface area contributed by atoms with E-state index in [1.165, 1.54) is 32.1 Å². The fraction of sp³-hybridized carbons (Fsp3) is 0.750. The number of aromatic nitrogens is 2. The number of fused-ring (bicyclic) bond motifs is 1. The zero-order chi connectivity index (χ0) is 13.9. The predicted octanol–water partition coefficient (Wildman–Crippen LogP) is 2.53. The van der Waals surface area contributed by atoms with Crippen molar-refractivity contribution in [1.82, 2.24) is 9.55 Å². The molecule has 0 atom stereocenters. The Labute approximate surface area is 120 Å². The lowest BCUT2D eigenvalue weighted by Gasteiger charge is -2.28. The van der Waals surface area contributed by atoms with Gasteiger partial charge in [-0.3, -0.25) is 9.36 Å². The number of hydrogen-bond donors (Lipinski definition) is 0. The summed E-state index contributed by atoms with van der Waals surface area (Å²) in [6, 6.07) is 0. The summed E-state index contributed by atoms with van der Waals surface area (Å²) in [4.78, 5) is 16.9. The van der Waals surface area contributed by atoms with Crippen molar-refractivity contribution in [2.45, 2.75) is 58.6 Å². The largest absolute Gasteiger partial charge is 0.376 e. The van der Waals surface area contributed by atoms with Crippen molar-refractivity contribution in [3.63, 3.8) is 0 Å². The van der Waals surface area contributed by atoms with Gasteiger partial charge in [0.2, 0.25) is 0 Å². The van der Waals surface area contributed by atoms with Crippen LogP contribution in [0.4, 0.5) is 0 Å². The second-order valence-corrected chi connectivity index (χ2v) is 6.22. The van der Waals surface area contributed by atoms with Crippen molar-refractivity contribution < 1.29 is 4.74 Å². The molecule has 20 heavy (non-hydrogen) atoms. The molecule has 1 aromatic rings. The first-order valence-corrected chi connectivity index (χ1v) is 7.93. The highest BCUT2D eigenvalue weighted by molar-refractivity contribution is 5.17. The van der Waals surface area contributed by atoms with Crippen LogP contribution in [0.3, 0.4) is 0 Å².